The third-order valence-electron chi connectivity index (χ3n) is 3.12. The van der Waals surface area contributed by atoms with E-state index in [9.17, 15) is 8.42 Å². The Balaban J connectivity index is 2.27. The zero-order chi connectivity index (χ0) is 11.9. The lowest BCUT2D eigenvalue weighted by Gasteiger charge is -1.99. The average molecular weight is 304 g/mol. The van der Waals surface area contributed by atoms with Gasteiger partial charge in [0.15, 0.2) is 9.84 Å². The predicted molar refractivity (Wildman–Crippen MR) is 68.1 cm³/mol. The first kappa shape index (κ1) is 12.1. The van der Waals surface area contributed by atoms with Gasteiger partial charge in [0.1, 0.15) is 0 Å². The Bertz CT molecular complexity index is 483. The smallest absolute Gasteiger partial charge is 0.151 e. The van der Waals surface area contributed by atoms with Crippen molar-refractivity contribution < 1.29 is 8.42 Å². The van der Waals surface area contributed by atoms with Crippen molar-refractivity contribution in [1.29, 1.82) is 0 Å². The van der Waals surface area contributed by atoms with Gasteiger partial charge >= 0.3 is 0 Å². The minimum atomic E-state index is -2.99. The van der Waals surface area contributed by atoms with Crippen molar-refractivity contribution in [2.75, 3.05) is 12.8 Å². The van der Waals surface area contributed by atoms with Crippen LogP contribution in [0.2, 0.25) is 0 Å². The van der Waals surface area contributed by atoms with Gasteiger partial charge in [-0.3, -0.25) is 0 Å². The summed E-state index contributed by atoms with van der Waals surface area (Å²) in [6.07, 6.45) is 1.29. The number of rotatable bonds is 3. The lowest BCUT2D eigenvalue weighted by molar-refractivity contribution is 0.597. The Kier molecular flexibility index (Phi) is 3.11. The quantitative estimate of drug-likeness (QED) is 0.921. The third kappa shape index (κ3) is 2.17. The molecule has 1 saturated carbocycles. The van der Waals surface area contributed by atoms with Gasteiger partial charge in [0.05, 0.1) is 5.25 Å². The monoisotopic (exact) mass is 303 g/mol. The molecular formula is C11H14BrNO2S. The van der Waals surface area contributed by atoms with Crippen molar-refractivity contribution >= 4 is 25.8 Å². The van der Waals surface area contributed by atoms with E-state index in [1.54, 1.807) is 0 Å². The minimum absolute atomic E-state index is 0.0769. The van der Waals surface area contributed by atoms with Crippen molar-refractivity contribution in [2.24, 2.45) is 11.7 Å². The number of nitrogens with two attached hydrogens (primary N) is 1. The molecule has 1 aromatic carbocycles. The van der Waals surface area contributed by atoms with Crippen LogP contribution in [0.5, 0.6) is 0 Å². The van der Waals surface area contributed by atoms with Gasteiger partial charge in [0, 0.05) is 16.6 Å². The van der Waals surface area contributed by atoms with Crippen LogP contribution < -0.4 is 5.73 Å². The first-order valence-electron chi connectivity index (χ1n) is 5.09. The van der Waals surface area contributed by atoms with Gasteiger partial charge < -0.3 is 5.73 Å². The number of hydrogen-bond donors (Lipinski definition) is 1. The van der Waals surface area contributed by atoms with E-state index >= 15 is 0 Å². The van der Waals surface area contributed by atoms with E-state index in [2.05, 4.69) is 15.9 Å². The van der Waals surface area contributed by atoms with Gasteiger partial charge in [0.25, 0.3) is 0 Å². The number of halogens is 1. The molecule has 0 bridgehead atoms. The van der Waals surface area contributed by atoms with Crippen LogP contribution in [0.3, 0.4) is 0 Å². The molecule has 16 heavy (non-hydrogen) atoms. The van der Waals surface area contributed by atoms with Crippen molar-refractivity contribution in [1.82, 2.24) is 0 Å². The maximum atomic E-state index is 11.5. The number of benzene rings is 1. The first-order valence-corrected chi connectivity index (χ1v) is 7.84. The van der Waals surface area contributed by atoms with Gasteiger partial charge in [-0.05, 0) is 30.2 Å². The molecule has 0 aromatic heterocycles. The van der Waals surface area contributed by atoms with E-state index < -0.39 is 9.84 Å². The second kappa shape index (κ2) is 4.13. The van der Waals surface area contributed by atoms with Crippen LogP contribution in [0, 0.1) is 5.92 Å². The molecule has 0 aliphatic heterocycles. The van der Waals surface area contributed by atoms with E-state index in [0.29, 0.717) is 6.54 Å². The highest BCUT2D eigenvalue weighted by atomic mass is 79.9. The van der Waals surface area contributed by atoms with E-state index in [4.69, 9.17) is 5.73 Å². The van der Waals surface area contributed by atoms with Gasteiger partial charge in [-0.1, -0.05) is 28.1 Å². The van der Waals surface area contributed by atoms with Crippen LogP contribution >= 0.6 is 15.9 Å². The molecule has 0 amide bonds. The molecule has 5 heteroatoms. The summed E-state index contributed by atoms with van der Waals surface area (Å²) in [4.78, 5) is 0. The minimum Gasteiger partial charge on any atom is -0.330 e. The summed E-state index contributed by atoms with van der Waals surface area (Å²) in [6.45, 7) is 0.429. The largest absolute Gasteiger partial charge is 0.330 e. The van der Waals surface area contributed by atoms with Crippen LogP contribution in [0.1, 0.15) is 11.5 Å². The summed E-state index contributed by atoms with van der Waals surface area (Å²) in [5.41, 5.74) is 6.67. The highest BCUT2D eigenvalue weighted by Crippen LogP contribution is 2.51. The van der Waals surface area contributed by atoms with Crippen LogP contribution in [-0.4, -0.2) is 26.5 Å². The maximum absolute atomic E-state index is 11.5. The third-order valence-corrected chi connectivity index (χ3v) is 5.28. The average Bonchev–Trinajstić information content (AvgIpc) is 2.92. The first-order chi connectivity index (χ1) is 7.45. The molecule has 3 atom stereocenters. The lowest BCUT2D eigenvalue weighted by Crippen LogP contribution is -2.11. The molecule has 88 valence electrons. The second-order valence-electron chi connectivity index (χ2n) is 4.27. The summed E-state index contributed by atoms with van der Waals surface area (Å²) < 4.78 is 24.1. The highest BCUT2D eigenvalue weighted by molar-refractivity contribution is 9.10. The topological polar surface area (TPSA) is 60.2 Å². The van der Waals surface area contributed by atoms with Crippen molar-refractivity contribution in [2.45, 2.75) is 11.2 Å². The number of sulfone groups is 1. The lowest BCUT2D eigenvalue weighted by atomic mass is 10.1. The van der Waals surface area contributed by atoms with Crippen LogP contribution in [0.25, 0.3) is 0 Å². The normalized spacial score (nSPS) is 29.1. The molecule has 3 nitrogen and oxygen atoms in total. The van der Waals surface area contributed by atoms with Gasteiger partial charge in [-0.15, -0.1) is 0 Å². The summed E-state index contributed by atoms with van der Waals surface area (Å²) >= 11 is 3.36. The molecule has 0 spiro atoms. The second-order valence-corrected chi connectivity index (χ2v) is 7.39. The standard InChI is InChI=1S/C11H14BrNO2S/c1-16(14,15)11-9(6-13)10(11)7-2-4-8(12)5-3-7/h2-5,9-11H,6,13H2,1H3/t9-,10+,11-/m1/s1. The van der Waals surface area contributed by atoms with Crippen molar-refractivity contribution in [3.63, 3.8) is 0 Å². The Morgan fingerprint density at radius 2 is 1.88 bits per heavy atom. The maximum Gasteiger partial charge on any atom is 0.151 e. The zero-order valence-corrected chi connectivity index (χ0v) is 11.3. The van der Waals surface area contributed by atoms with Crippen LogP contribution in [0.15, 0.2) is 28.7 Å². The van der Waals surface area contributed by atoms with Gasteiger partial charge in [-0.2, -0.15) is 0 Å². The van der Waals surface area contributed by atoms with Gasteiger partial charge in [0.2, 0.25) is 0 Å². The fraction of sp³-hybridized carbons (Fsp3) is 0.455. The molecule has 0 saturated heterocycles. The molecule has 1 aliphatic carbocycles. The summed E-state index contributed by atoms with van der Waals surface area (Å²) in [6, 6.07) is 7.78. The van der Waals surface area contributed by atoms with Gasteiger partial charge in [-0.25, -0.2) is 8.42 Å². The Hall–Kier alpha value is -0.390. The Labute approximate surface area is 104 Å². The molecule has 0 radical (unpaired) electrons. The van der Waals surface area contributed by atoms with E-state index in [0.717, 1.165) is 10.0 Å². The van der Waals surface area contributed by atoms with Crippen LogP contribution in [-0.2, 0) is 9.84 Å². The zero-order valence-electron chi connectivity index (χ0n) is 8.93. The molecule has 0 unspecified atom stereocenters. The molecule has 0 heterocycles. The molecule has 1 aromatic rings. The number of hydrogen-bond acceptors (Lipinski definition) is 3. The van der Waals surface area contributed by atoms with E-state index in [1.807, 2.05) is 24.3 Å². The highest BCUT2D eigenvalue weighted by Gasteiger charge is 2.55. The summed E-state index contributed by atoms with van der Waals surface area (Å²) in [7, 11) is -2.99. The molecule has 2 N–H and O–H groups in total. The Morgan fingerprint density at radius 3 is 2.25 bits per heavy atom. The van der Waals surface area contributed by atoms with Crippen molar-refractivity contribution in [3.05, 3.63) is 34.3 Å². The molecule has 1 aliphatic rings. The fourth-order valence-electron chi connectivity index (χ4n) is 2.33. The SMILES string of the molecule is CS(=O)(=O)[C@@H]1[C@H](CN)[C@@H]1c1ccc(Br)cc1. The van der Waals surface area contributed by atoms with E-state index in [1.165, 1.54) is 6.26 Å². The molecule has 2 rings (SSSR count). The summed E-state index contributed by atoms with van der Waals surface area (Å²) in [5.74, 6) is 0.157. The van der Waals surface area contributed by atoms with Crippen molar-refractivity contribution in [3.8, 4) is 0 Å². The predicted octanol–water partition coefficient (Wildman–Crippen LogP) is 1.53. The van der Waals surface area contributed by atoms with E-state index in [-0.39, 0.29) is 17.1 Å². The Morgan fingerprint density at radius 1 is 1.31 bits per heavy atom. The molecule has 1 fully saturated rings. The fourth-order valence-corrected chi connectivity index (χ4v) is 4.31. The summed E-state index contributed by atoms with van der Waals surface area (Å²) in [5, 5.41) is -0.293. The van der Waals surface area contributed by atoms with Crippen LogP contribution in [0.4, 0.5) is 0 Å². The molecular weight excluding hydrogens is 290 g/mol.